The van der Waals surface area contributed by atoms with Crippen LogP contribution in [-0.2, 0) is 0 Å². The van der Waals surface area contributed by atoms with E-state index in [1.54, 1.807) is 30.5 Å². The van der Waals surface area contributed by atoms with Gasteiger partial charge in [-0.1, -0.05) is 26.0 Å². The van der Waals surface area contributed by atoms with Crippen LogP contribution in [0.3, 0.4) is 0 Å². The van der Waals surface area contributed by atoms with Crippen LogP contribution in [-0.4, -0.2) is 10.9 Å². The third kappa shape index (κ3) is 3.88. The van der Waals surface area contributed by atoms with Gasteiger partial charge in [-0.25, -0.2) is 9.37 Å². The minimum atomic E-state index is -0.292. The second-order valence-corrected chi connectivity index (χ2v) is 5.93. The second-order valence-electron chi connectivity index (χ2n) is 5.08. The topological polar surface area (TPSA) is 42.0 Å². The van der Waals surface area contributed by atoms with Crippen molar-refractivity contribution in [1.29, 1.82) is 0 Å². The zero-order valence-corrected chi connectivity index (χ0v) is 13.4. The molecule has 0 bridgehead atoms. The van der Waals surface area contributed by atoms with Crippen LogP contribution in [0.2, 0.25) is 0 Å². The summed E-state index contributed by atoms with van der Waals surface area (Å²) in [4.78, 5) is 16.4. The first-order valence-corrected chi connectivity index (χ1v) is 7.45. The molecule has 0 aliphatic heterocycles. The van der Waals surface area contributed by atoms with Gasteiger partial charge in [0.2, 0.25) is 0 Å². The summed E-state index contributed by atoms with van der Waals surface area (Å²) in [6.07, 6.45) is 1.57. The molecule has 21 heavy (non-hydrogen) atoms. The highest BCUT2D eigenvalue weighted by Gasteiger charge is 2.21. The molecule has 0 aliphatic rings. The molecule has 110 valence electrons. The van der Waals surface area contributed by atoms with Gasteiger partial charge in [0.15, 0.2) is 0 Å². The molecule has 0 saturated heterocycles. The number of carbonyl (C=O) groups is 1. The van der Waals surface area contributed by atoms with Crippen LogP contribution >= 0.6 is 15.9 Å². The van der Waals surface area contributed by atoms with Gasteiger partial charge in [-0.05, 0) is 51.7 Å². The molecule has 1 N–H and O–H groups in total. The Hall–Kier alpha value is -1.75. The molecule has 0 spiro atoms. The summed E-state index contributed by atoms with van der Waals surface area (Å²) in [6, 6.07) is 9.49. The minimum Gasteiger partial charge on any atom is -0.344 e. The number of hydrogen-bond acceptors (Lipinski definition) is 2. The maximum absolute atomic E-state index is 13.0. The molecule has 1 unspecified atom stereocenters. The van der Waals surface area contributed by atoms with E-state index in [0.29, 0.717) is 10.2 Å². The minimum absolute atomic E-state index is 0.168. The average molecular weight is 351 g/mol. The summed E-state index contributed by atoms with van der Waals surface area (Å²) < 4.78 is 13.7. The normalized spacial score (nSPS) is 12.2. The fourth-order valence-corrected chi connectivity index (χ4v) is 2.50. The van der Waals surface area contributed by atoms with Crippen molar-refractivity contribution in [2.45, 2.75) is 19.9 Å². The van der Waals surface area contributed by atoms with Gasteiger partial charge < -0.3 is 5.32 Å². The monoisotopic (exact) mass is 350 g/mol. The van der Waals surface area contributed by atoms with Crippen molar-refractivity contribution < 1.29 is 9.18 Å². The number of nitrogens with one attached hydrogen (secondary N) is 1. The first-order valence-electron chi connectivity index (χ1n) is 6.66. The van der Waals surface area contributed by atoms with Crippen molar-refractivity contribution >= 4 is 21.8 Å². The number of halogens is 2. The predicted molar refractivity (Wildman–Crippen MR) is 83.4 cm³/mol. The van der Waals surface area contributed by atoms with Crippen LogP contribution in [0.15, 0.2) is 47.1 Å². The lowest BCUT2D eigenvalue weighted by molar-refractivity contribution is 0.0919. The highest BCUT2D eigenvalue weighted by molar-refractivity contribution is 9.10. The van der Waals surface area contributed by atoms with Gasteiger partial charge >= 0.3 is 0 Å². The SMILES string of the molecule is CC(C)C(NC(=O)c1ncccc1Br)c1ccc(F)cc1. The first-order chi connectivity index (χ1) is 9.99. The summed E-state index contributed by atoms with van der Waals surface area (Å²) >= 11 is 3.32. The zero-order valence-electron chi connectivity index (χ0n) is 11.8. The maximum Gasteiger partial charge on any atom is 0.271 e. The largest absolute Gasteiger partial charge is 0.344 e. The Labute approximate surface area is 131 Å². The number of nitrogens with zero attached hydrogens (tertiary/aromatic N) is 1. The highest BCUT2D eigenvalue weighted by atomic mass is 79.9. The molecule has 2 rings (SSSR count). The Balaban J connectivity index is 2.23. The lowest BCUT2D eigenvalue weighted by atomic mass is 9.96. The van der Waals surface area contributed by atoms with Gasteiger partial charge in [0.1, 0.15) is 11.5 Å². The van der Waals surface area contributed by atoms with E-state index >= 15 is 0 Å². The Bertz CT molecular complexity index is 628. The van der Waals surface area contributed by atoms with Crippen molar-refractivity contribution in [3.05, 3.63) is 64.1 Å². The molecule has 3 nitrogen and oxygen atoms in total. The molecule has 2 aromatic rings. The molecule has 0 fully saturated rings. The second kappa shape index (κ2) is 6.80. The molecular formula is C16H16BrFN2O. The van der Waals surface area contributed by atoms with Gasteiger partial charge in [-0.2, -0.15) is 0 Å². The standard InChI is InChI=1S/C16H16BrFN2O/c1-10(2)14(11-5-7-12(18)8-6-11)20-16(21)15-13(17)4-3-9-19-15/h3-10,14H,1-2H3,(H,20,21). The van der Waals surface area contributed by atoms with E-state index in [9.17, 15) is 9.18 Å². The van der Waals surface area contributed by atoms with Crippen molar-refractivity contribution in [3.8, 4) is 0 Å². The quantitative estimate of drug-likeness (QED) is 0.901. The fourth-order valence-electron chi connectivity index (χ4n) is 2.07. The molecule has 1 amide bonds. The third-order valence-electron chi connectivity index (χ3n) is 3.16. The lowest BCUT2D eigenvalue weighted by Crippen LogP contribution is -2.32. The average Bonchev–Trinajstić information content (AvgIpc) is 2.46. The summed E-state index contributed by atoms with van der Waals surface area (Å²) in [7, 11) is 0. The summed E-state index contributed by atoms with van der Waals surface area (Å²) in [5.74, 6) is -0.382. The van der Waals surface area contributed by atoms with E-state index in [-0.39, 0.29) is 23.7 Å². The Morgan fingerprint density at radius 2 is 1.90 bits per heavy atom. The molecule has 1 aromatic heterocycles. The van der Waals surface area contributed by atoms with Crippen LogP contribution < -0.4 is 5.32 Å². The molecule has 0 radical (unpaired) electrons. The Morgan fingerprint density at radius 1 is 1.24 bits per heavy atom. The number of pyridine rings is 1. The van der Waals surface area contributed by atoms with Crippen LogP contribution in [0.25, 0.3) is 0 Å². The molecule has 0 saturated carbocycles. The van der Waals surface area contributed by atoms with Gasteiger partial charge in [-0.15, -0.1) is 0 Å². The first kappa shape index (κ1) is 15.6. The van der Waals surface area contributed by atoms with Crippen LogP contribution in [0, 0.1) is 11.7 Å². The fraction of sp³-hybridized carbons (Fsp3) is 0.250. The number of rotatable bonds is 4. The molecule has 1 heterocycles. The lowest BCUT2D eigenvalue weighted by Gasteiger charge is -2.23. The van der Waals surface area contributed by atoms with E-state index in [1.807, 2.05) is 13.8 Å². The zero-order chi connectivity index (χ0) is 15.4. The van der Waals surface area contributed by atoms with Gasteiger partial charge in [0, 0.05) is 10.7 Å². The van der Waals surface area contributed by atoms with Crippen LogP contribution in [0.5, 0.6) is 0 Å². The van der Waals surface area contributed by atoms with E-state index in [0.717, 1.165) is 5.56 Å². The van der Waals surface area contributed by atoms with Crippen LogP contribution in [0.4, 0.5) is 4.39 Å². The summed E-state index contributed by atoms with van der Waals surface area (Å²) in [5.41, 5.74) is 1.21. The predicted octanol–water partition coefficient (Wildman–Crippen LogP) is 4.11. The van der Waals surface area contributed by atoms with Crippen molar-refractivity contribution in [3.63, 3.8) is 0 Å². The number of benzene rings is 1. The number of amides is 1. The van der Waals surface area contributed by atoms with Gasteiger partial charge in [-0.3, -0.25) is 4.79 Å². The summed E-state index contributed by atoms with van der Waals surface area (Å²) in [5, 5.41) is 2.96. The Morgan fingerprint density at radius 3 is 2.48 bits per heavy atom. The molecule has 0 aliphatic carbocycles. The number of carbonyl (C=O) groups excluding carboxylic acids is 1. The van der Waals surface area contributed by atoms with Crippen molar-refractivity contribution in [2.24, 2.45) is 5.92 Å². The van der Waals surface area contributed by atoms with E-state index in [4.69, 9.17) is 0 Å². The third-order valence-corrected chi connectivity index (χ3v) is 3.80. The molecular weight excluding hydrogens is 335 g/mol. The van der Waals surface area contributed by atoms with Gasteiger partial charge in [0.25, 0.3) is 5.91 Å². The maximum atomic E-state index is 13.0. The molecule has 5 heteroatoms. The van der Waals surface area contributed by atoms with E-state index in [2.05, 4.69) is 26.2 Å². The van der Waals surface area contributed by atoms with Crippen molar-refractivity contribution in [1.82, 2.24) is 10.3 Å². The smallest absolute Gasteiger partial charge is 0.271 e. The Kier molecular flexibility index (Phi) is 5.07. The van der Waals surface area contributed by atoms with E-state index < -0.39 is 0 Å². The van der Waals surface area contributed by atoms with Crippen molar-refractivity contribution in [2.75, 3.05) is 0 Å². The highest BCUT2D eigenvalue weighted by Crippen LogP contribution is 2.23. The van der Waals surface area contributed by atoms with Crippen LogP contribution in [0.1, 0.15) is 35.9 Å². The van der Waals surface area contributed by atoms with Gasteiger partial charge in [0.05, 0.1) is 6.04 Å². The number of aromatic nitrogens is 1. The molecule has 1 aromatic carbocycles. The molecule has 1 atom stereocenters. The summed E-state index contributed by atoms with van der Waals surface area (Å²) in [6.45, 7) is 4.00. The number of hydrogen-bond donors (Lipinski definition) is 1. The van der Waals surface area contributed by atoms with E-state index in [1.165, 1.54) is 12.1 Å².